The third-order valence-corrected chi connectivity index (χ3v) is 10.9. The molecule has 0 amide bonds. The van der Waals surface area contributed by atoms with E-state index >= 15 is 0 Å². The second-order valence-electron chi connectivity index (χ2n) is 10.8. The first-order chi connectivity index (χ1) is 16.0. The van der Waals surface area contributed by atoms with E-state index in [1.54, 1.807) is 14.2 Å². The van der Waals surface area contributed by atoms with Crippen molar-refractivity contribution in [1.29, 1.82) is 0 Å². The lowest BCUT2D eigenvalue weighted by Crippen LogP contribution is -2.57. The van der Waals surface area contributed by atoms with Crippen LogP contribution in [0.1, 0.15) is 59.4 Å². The number of hydrogen-bond donors (Lipinski definition) is 0. The second kappa shape index (κ2) is 13.0. The molecule has 1 aliphatic rings. The maximum atomic E-state index is 13.4. The molecule has 0 N–H and O–H groups in total. The molecule has 0 heterocycles. The van der Waals surface area contributed by atoms with E-state index < -0.39 is 8.32 Å². The minimum absolute atomic E-state index is 0.188. The van der Waals surface area contributed by atoms with Gasteiger partial charge in [0.2, 0.25) is 0 Å². The fourth-order valence-electron chi connectivity index (χ4n) is 4.33. The average Bonchev–Trinajstić information content (AvgIpc) is 2.77. The van der Waals surface area contributed by atoms with Gasteiger partial charge < -0.3 is 18.6 Å². The standard InChI is InChI=1S/C28H46O5Si/c1-19(2)11-10-12-21(5)26-24(29)17-25(33-34(8,9)20(3)4)27(28(26)31-7)32-18-22-13-15-23(30-6)16-14-22/h12-16,19-20,25-28H,10-11,17-18H2,1-9H3/t25-,26+,27-,28-/m0/s1. The van der Waals surface area contributed by atoms with Gasteiger partial charge in [-0.15, -0.1) is 0 Å². The lowest BCUT2D eigenvalue weighted by atomic mass is 9.77. The van der Waals surface area contributed by atoms with Crippen LogP contribution in [0.5, 0.6) is 5.75 Å². The number of ether oxygens (including phenoxy) is 3. The van der Waals surface area contributed by atoms with Gasteiger partial charge in [0, 0.05) is 13.5 Å². The summed E-state index contributed by atoms with van der Waals surface area (Å²) >= 11 is 0. The lowest BCUT2D eigenvalue weighted by molar-refractivity contribution is -0.163. The summed E-state index contributed by atoms with van der Waals surface area (Å²) in [6.45, 7) is 15.8. The quantitative estimate of drug-likeness (QED) is 0.245. The number of ketones is 1. The summed E-state index contributed by atoms with van der Waals surface area (Å²) < 4.78 is 24.5. The van der Waals surface area contributed by atoms with Crippen molar-refractivity contribution < 1.29 is 23.4 Å². The van der Waals surface area contributed by atoms with Gasteiger partial charge in [0.15, 0.2) is 8.32 Å². The molecule has 1 aromatic carbocycles. The number of carbonyl (C=O) groups excluding carboxylic acids is 1. The number of benzene rings is 1. The van der Waals surface area contributed by atoms with E-state index in [-0.39, 0.29) is 30.0 Å². The molecule has 1 aliphatic carbocycles. The Morgan fingerprint density at radius 3 is 2.26 bits per heavy atom. The molecule has 2 rings (SSSR count). The molecule has 0 unspecified atom stereocenters. The van der Waals surface area contributed by atoms with Gasteiger partial charge in [-0.05, 0) is 62.0 Å². The third-order valence-electron chi connectivity index (χ3n) is 7.19. The minimum atomic E-state index is -2.00. The Morgan fingerprint density at radius 1 is 1.09 bits per heavy atom. The summed E-state index contributed by atoms with van der Waals surface area (Å²) in [7, 11) is 1.34. The zero-order valence-electron chi connectivity index (χ0n) is 22.7. The van der Waals surface area contributed by atoms with Gasteiger partial charge in [-0.1, -0.05) is 51.5 Å². The molecule has 1 aromatic rings. The van der Waals surface area contributed by atoms with E-state index in [1.807, 2.05) is 24.3 Å². The van der Waals surface area contributed by atoms with Gasteiger partial charge in [0.1, 0.15) is 17.6 Å². The van der Waals surface area contributed by atoms with Crippen LogP contribution in [0.3, 0.4) is 0 Å². The average molecular weight is 491 g/mol. The van der Waals surface area contributed by atoms with E-state index in [0.29, 0.717) is 24.5 Å². The molecule has 0 aromatic heterocycles. The molecule has 34 heavy (non-hydrogen) atoms. The lowest BCUT2D eigenvalue weighted by Gasteiger charge is -2.44. The SMILES string of the molecule is COc1ccc(CO[C@@H]2[C@@H](OC)[C@H](C(C)=CCCC(C)C)C(=O)C[C@@H]2O[Si](C)(C)C(C)C)cc1. The van der Waals surface area contributed by atoms with E-state index in [2.05, 4.69) is 53.8 Å². The smallest absolute Gasteiger partial charge is 0.189 e. The normalized spacial score (nSPS) is 24.2. The molecule has 0 aliphatic heterocycles. The molecule has 0 saturated heterocycles. The highest BCUT2D eigenvalue weighted by molar-refractivity contribution is 6.72. The molecule has 0 radical (unpaired) electrons. The number of methoxy groups -OCH3 is 2. The molecular formula is C28H46O5Si. The Labute approximate surface area is 208 Å². The number of rotatable bonds is 12. The van der Waals surface area contributed by atoms with Crippen LogP contribution < -0.4 is 4.74 Å². The van der Waals surface area contributed by atoms with Crippen LogP contribution in [0, 0.1) is 11.8 Å². The first-order valence-corrected chi connectivity index (χ1v) is 15.6. The topological polar surface area (TPSA) is 54.0 Å². The molecule has 5 nitrogen and oxygen atoms in total. The van der Waals surface area contributed by atoms with Crippen molar-refractivity contribution in [3.8, 4) is 5.75 Å². The summed E-state index contributed by atoms with van der Waals surface area (Å²) in [6.07, 6.45) is 3.63. The van der Waals surface area contributed by atoms with Crippen molar-refractivity contribution in [2.24, 2.45) is 11.8 Å². The maximum Gasteiger partial charge on any atom is 0.189 e. The highest BCUT2D eigenvalue weighted by Gasteiger charge is 2.48. The van der Waals surface area contributed by atoms with Gasteiger partial charge in [-0.2, -0.15) is 0 Å². The van der Waals surface area contributed by atoms with Gasteiger partial charge in [0.25, 0.3) is 0 Å². The largest absolute Gasteiger partial charge is 0.497 e. The molecule has 192 valence electrons. The van der Waals surface area contributed by atoms with Crippen molar-refractivity contribution in [1.82, 2.24) is 0 Å². The zero-order valence-corrected chi connectivity index (χ0v) is 23.7. The van der Waals surface area contributed by atoms with Crippen LogP contribution in [-0.2, 0) is 25.3 Å². The van der Waals surface area contributed by atoms with Gasteiger partial charge in [0.05, 0.1) is 31.8 Å². The van der Waals surface area contributed by atoms with E-state index in [9.17, 15) is 4.79 Å². The van der Waals surface area contributed by atoms with E-state index in [4.69, 9.17) is 18.6 Å². The Kier molecular flexibility index (Phi) is 11.0. The van der Waals surface area contributed by atoms with E-state index in [0.717, 1.165) is 29.7 Å². The monoisotopic (exact) mass is 490 g/mol. The van der Waals surface area contributed by atoms with Crippen molar-refractivity contribution in [2.45, 2.75) is 97.4 Å². The van der Waals surface area contributed by atoms with Crippen LogP contribution in [-0.4, -0.2) is 46.6 Å². The summed E-state index contributed by atoms with van der Waals surface area (Å²) in [6, 6.07) is 7.88. The number of carbonyl (C=O) groups is 1. The number of hydrogen-bond acceptors (Lipinski definition) is 5. The Bertz CT molecular complexity index is 800. The summed E-state index contributed by atoms with van der Waals surface area (Å²) in [5, 5.41) is 0. The Hall–Kier alpha value is -1.47. The third kappa shape index (κ3) is 7.77. The molecule has 6 heteroatoms. The maximum absolute atomic E-state index is 13.4. The van der Waals surface area contributed by atoms with Crippen molar-refractivity contribution in [2.75, 3.05) is 14.2 Å². The van der Waals surface area contributed by atoms with Crippen LogP contribution >= 0.6 is 0 Å². The van der Waals surface area contributed by atoms with Gasteiger partial charge in [-0.3, -0.25) is 4.79 Å². The fourth-order valence-corrected chi connectivity index (χ4v) is 5.60. The van der Waals surface area contributed by atoms with Crippen molar-refractivity contribution >= 4 is 14.1 Å². The molecule has 0 spiro atoms. The predicted octanol–water partition coefficient (Wildman–Crippen LogP) is 6.57. The highest BCUT2D eigenvalue weighted by atomic mass is 28.4. The highest BCUT2D eigenvalue weighted by Crippen LogP contribution is 2.37. The molecule has 0 bridgehead atoms. The first kappa shape index (κ1) is 28.8. The summed E-state index contributed by atoms with van der Waals surface area (Å²) in [4.78, 5) is 13.4. The molecule has 1 fully saturated rings. The second-order valence-corrected chi connectivity index (χ2v) is 15.4. The minimum Gasteiger partial charge on any atom is -0.497 e. The molecule has 1 saturated carbocycles. The fraction of sp³-hybridized carbons (Fsp3) is 0.679. The van der Waals surface area contributed by atoms with E-state index in [1.165, 1.54) is 0 Å². The summed E-state index contributed by atoms with van der Waals surface area (Å²) in [5.74, 6) is 1.33. The van der Waals surface area contributed by atoms with Gasteiger partial charge >= 0.3 is 0 Å². The van der Waals surface area contributed by atoms with Crippen molar-refractivity contribution in [3.63, 3.8) is 0 Å². The van der Waals surface area contributed by atoms with Crippen molar-refractivity contribution in [3.05, 3.63) is 41.5 Å². The number of allylic oxidation sites excluding steroid dienone is 1. The Morgan fingerprint density at radius 2 is 1.74 bits per heavy atom. The Balaban J connectivity index is 2.30. The predicted molar refractivity (Wildman–Crippen MR) is 141 cm³/mol. The van der Waals surface area contributed by atoms with Crippen LogP contribution in [0.2, 0.25) is 18.6 Å². The van der Waals surface area contributed by atoms with Gasteiger partial charge in [-0.25, -0.2) is 0 Å². The molecular weight excluding hydrogens is 444 g/mol. The number of Topliss-reactive ketones (excluding diaryl/α,β-unsaturated/α-hetero) is 1. The van der Waals surface area contributed by atoms with Crippen LogP contribution in [0.25, 0.3) is 0 Å². The van der Waals surface area contributed by atoms with Crippen LogP contribution in [0.15, 0.2) is 35.9 Å². The van der Waals surface area contributed by atoms with Crippen LogP contribution in [0.4, 0.5) is 0 Å². The first-order valence-electron chi connectivity index (χ1n) is 12.6. The summed E-state index contributed by atoms with van der Waals surface area (Å²) in [5.41, 5.74) is 2.56. The molecule has 4 atom stereocenters. The zero-order chi connectivity index (χ0) is 25.5.